The van der Waals surface area contributed by atoms with Gasteiger partial charge < -0.3 is 11.1 Å². The molecular weight excluding hydrogens is 231 g/mol. The summed E-state index contributed by atoms with van der Waals surface area (Å²) in [6.45, 7) is 7.65. The van der Waals surface area contributed by atoms with Gasteiger partial charge in [0.25, 0.3) is 0 Å². The van der Waals surface area contributed by atoms with Gasteiger partial charge in [0.05, 0.1) is 5.41 Å². The van der Waals surface area contributed by atoms with Crippen LogP contribution in [0.15, 0.2) is 24.3 Å². The van der Waals surface area contributed by atoms with Crippen LogP contribution in [0.4, 0.5) is 4.39 Å². The predicted octanol–water partition coefficient (Wildman–Crippen LogP) is 2.21. The van der Waals surface area contributed by atoms with Crippen LogP contribution in [0.25, 0.3) is 0 Å². The first kappa shape index (κ1) is 14.6. The van der Waals surface area contributed by atoms with Gasteiger partial charge in [-0.1, -0.05) is 12.1 Å². The van der Waals surface area contributed by atoms with Crippen molar-refractivity contribution in [2.24, 2.45) is 11.1 Å². The Kier molecular flexibility index (Phi) is 4.12. The third kappa shape index (κ3) is 3.29. The van der Waals surface area contributed by atoms with Crippen molar-refractivity contribution in [3.63, 3.8) is 0 Å². The van der Waals surface area contributed by atoms with Gasteiger partial charge in [0.15, 0.2) is 0 Å². The molecule has 100 valence electrons. The number of nitrogens with one attached hydrogen (secondary N) is 1. The van der Waals surface area contributed by atoms with Gasteiger partial charge in [-0.15, -0.1) is 0 Å². The van der Waals surface area contributed by atoms with Crippen LogP contribution in [-0.2, 0) is 11.3 Å². The lowest BCUT2D eigenvalue weighted by Crippen LogP contribution is -2.55. The van der Waals surface area contributed by atoms with E-state index in [0.29, 0.717) is 6.54 Å². The second-order valence-electron chi connectivity index (χ2n) is 5.66. The van der Waals surface area contributed by atoms with Crippen molar-refractivity contribution in [3.05, 3.63) is 35.6 Å². The Morgan fingerprint density at radius 2 is 1.72 bits per heavy atom. The molecule has 18 heavy (non-hydrogen) atoms. The first-order chi connectivity index (χ1) is 8.14. The Balaban J connectivity index is 2.64. The molecular formula is C14H21FN2O. The molecule has 0 aliphatic rings. The number of hydrogen-bond donors (Lipinski definition) is 2. The van der Waals surface area contributed by atoms with Crippen LogP contribution in [0.5, 0.6) is 0 Å². The topological polar surface area (TPSA) is 55.1 Å². The normalized spacial score (nSPS) is 12.3. The third-order valence-corrected chi connectivity index (χ3v) is 3.54. The van der Waals surface area contributed by atoms with Crippen molar-refractivity contribution in [3.8, 4) is 0 Å². The van der Waals surface area contributed by atoms with Crippen molar-refractivity contribution >= 4 is 5.91 Å². The fourth-order valence-corrected chi connectivity index (χ4v) is 1.30. The molecule has 0 heterocycles. The summed E-state index contributed by atoms with van der Waals surface area (Å²) in [6, 6.07) is 6.05. The van der Waals surface area contributed by atoms with Gasteiger partial charge >= 0.3 is 0 Å². The highest BCUT2D eigenvalue weighted by molar-refractivity contribution is 5.83. The van der Waals surface area contributed by atoms with Crippen molar-refractivity contribution < 1.29 is 9.18 Å². The molecule has 0 radical (unpaired) electrons. The minimum atomic E-state index is -0.674. The molecule has 0 bridgehead atoms. The average molecular weight is 252 g/mol. The maximum absolute atomic E-state index is 12.7. The predicted molar refractivity (Wildman–Crippen MR) is 70.3 cm³/mol. The molecule has 3 N–H and O–H groups in total. The molecule has 1 amide bonds. The molecule has 0 aliphatic heterocycles. The molecule has 0 spiro atoms. The van der Waals surface area contributed by atoms with Crippen molar-refractivity contribution in [2.45, 2.75) is 39.8 Å². The Morgan fingerprint density at radius 3 is 2.17 bits per heavy atom. The Labute approximate surface area is 108 Å². The molecule has 0 saturated heterocycles. The van der Waals surface area contributed by atoms with Crippen molar-refractivity contribution in [1.29, 1.82) is 0 Å². The molecule has 0 atom stereocenters. The standard InChI is InChI=1S/C14H21FN2O/c1-13(2,14(3,4)16)12(18)17-9-10-5-7-11(15)8-6-10/h5-8H,9,16H2,1-4H3,(H,17,18). The largest absolute Gasteiger partial charge is 0.352 e. The van der Waals surface area contributed by atoms with Crippen LogP contribution in [0.3, 0.4) is 0 Å². The molecule has 0 fully saturated rings. The van der Waals surface area contributed by atoms with Crippen LogP contribution in [-0.4, -0.2) is 11.4 Å². The molecule has 3 nitrogen and oxygen atoms in total. The van der Waals surface area contributed by atoms with Crippen LogP contribution < -0.4 is 11.1 Å². The average Bonchev–Trinajstić information content (AvgIpc) is 2.26. The number of benzene rings is 1. The molecule has 1 aromatic carbocycles. The summed E-state index contributed by atoms with van der Waals surface area (Å²) >= 11 is 0. The van der Waals surface area contributed by atoms with E-state index in [-0.39, 0.29) is 11.7 Å². The first-order valence-corrected chi connectivity index (χ1v) is 5.96. The van der Waals surface area contributed by atoms with Gasteiger partial charge in [-0.3, -0.25) is 4.79 Å². The molecule has 1 aromatic rings. The second-order valence-corrected chi connectivity index (χ2v) is 5.66. The van der Waals surface area contributed by atoms with Gasteiger partial charge in [0.2, 0.25) is 5.91 Å². The van der Waals surface area contributed by atoms with E-state index in [1.165, 1.54) is 12.1 Å². The van der Waals surface area contributed by atoms with E-state index in [0.717, 1.165) is 5.56 Å². The molecule has 1 rings (SSSR count). The minimum absolute atomic E-state index is 0.112. The lowest BCUT2D eigenvalue weighted by molar-refractivity contribution is -0.132. The second kappa shape index (κ2) is 5.06. The van der Waals surface area contributed by atoms with E-state index in [1.54, 1.807) is 12.1 Å². The highest BCUT2D eigenvalue weighted by atomic mass is 19.1. The van der Waals surface area contributed by atoms with Gasteiger partial charge in [-0.2, -0.15) is 0 Å². The monoisotopic (exact) mass is 252 g/mol. The van der Waals surface area contributed by atoms with Gasteiger partial charge in [-0.05, 0) is 45.4 Å². The summed E-state index contributed by atoms with van der Waals surface area (Å²) in [5, 5.41) is 2.82. The van der Waals surface area contributed by atoms with Crippen LogP contribution in [0.2, 0.25) is 0 Å². The van der Waals surface area contributed by atoms with Crippen molar-refractivity contribution in [1.82, 2.24) is 5.32 Å². The summed E-state index contributed by atoms with van der Waals surface area (Å²) in [7, 11) is 0. The zero-order chi connectivity index (χ0) is 14.0. The summed E-state index contributed by atoms with van der Waals surface area (Å²) in [6.07, 6.45) is 0. The zero-order valence-electron chi connectivity index (χ0n) is 11.4. The molecule has 0 saturated carbocycles. The van der Waals surface area contributed by atoms with Crippen molar-refractivity contribution in [2.75, 3.05) is 0 Å². The SMILES string of the molecule is CC(C)(N)C(C)(C)C(=O)NCc1ccc(F)cc1. The Hall–Kier alpha value is -1.42. The third-order valence-electron chi connectivity index (χ3n) is 3.54. The number of rotatable bonds is 4. The van der Waals surface area contributed by atoms with E-state index in [4.69, 9.17) is 5.73 Å². The first-order valence-electron chi connectivity index (χ1n) is 5.96. The van der Waals surface area contributed by atoms with Gasteiger partial charge in [-0.25, -0.2) is 4.39 Å². The highest BCUT2D eigenvalue weighted by Gasteiger charge is 2.40. The number of amides is 1. The number of hydrogen-bond acceptors (Lipinski definition) is 2. The molecule has 4 heteroatoms. The summed E-state index contributed by atoms with van der Waals surface area (Å²) in [5.41, 5.74) is 5.56. The quantitative estimate of drug-likeness (QED) is 0.863. The van der Waals surface area contributed by atoms with Gasteiger partial charge in [0, 0.05) is 12.1 Å². The van der Waals surface area contributed by atoms with E-state index in [1.807, 2.05) is 27.7 Å². The number of carbonyl (C=O) groups excluding carboxylic acids is 1. The van der Waals surface area contributed by atoms with Crippen LogP contribution >= 0.6 is 0 Å². The van der Waals surface area contributed by atoms with Gasteiger partial charge in [0.1, 0.15) is 5.82 Å². The number of nitrogens with two attached hydrogens (primary N) is 1. The fraction of sp³-hybridized carbons (Fsp3) is 0.500. The summed E-state index contributed by atoms with van der Waals surface area (Å²) in [4.78, 5) is 12.1. The number of carbonyl (C=O) groups is 1. The molecule has 0 aliphatic carbocycles. The minimum Gasteiger partial charge on any atom is -0.352 e. The smallest absolute Gasteiger partial charge is 0.227 e. The Bertz CT molecular complexity index is 418. The number of halogens is 1. The van der Waals surface area contributed by atoms with E-state index in [2.05, 4.69) is 5.32 Å². The van der Waals surface area contributed by atoms with Crippen LogP contribution in [0.1, 0.15) is 33.3 Å². The fourth-order valence-electron chi connectivity index (χ4n) is 1.30. The zero-order valence-corrected chi connectivity index (χ0v) is 11.4. The Morgan fingerprint density at radius 1 is 1.22 bits per heavy atom. The summed E-state index contributed by atoms with van der Waals surface area (Å²) in [5.74, 6) is -0.396. The van der Waals surface area contributed by atoms with E-state index in [9.17, 15) is 9.18 Å². The lowest BCUT2D eigenvalue weighted by Gasteiger charge is -2.36. The lowest BCUT2D eigenvalue weighted by atomic mass is 9.74. The van der Waals surface area contributed by atoms with Crippen LogP contribution in [0, 0.1) is 11.2 Å². The van der Waals surface area contributed by atoms with E-state index >= 15 is 0 Å². The maximum Gasteiger partial charge on any atom is 0.227 e. The maximum atomic E-state index is 12.7. The molecule has 0 unspecified atom stereocenters. The van der Waals surface area contributed by atoms with E-state index < -0.39 is 11.0 Å². The highest BCUT2D eigenvalue weighted by Crippen LogP contribution is 2.28. The summed E-state index contributed by atoms with van der Waals surface area (Å²) < 4.78 is 12.7. The molecule has 0 aromatic heterocycles.